The van der Waals surface area contributed by atoms with Crippen LogP contribution in [0, 0.1) is 0 Å². The van der Waals surface area contributed by atoms with E-state index >= 15 is 0 Å². The minimum absolute atomic E-state index is 0.0241. The number of alkyl halides is 1. The van der Waals surface area contributed by atoms with Gasteiger partial charge in [-0.2, -0.15) is 0 Å². The van der Waals surface area contributed by atoms with Crippen LogP contribution in [0.3, 0.4) is 0 Å². The molecule has 0 aliphatic carbocycles. The third kappa shape index (κ3) is 4.02. The molecule has 0 saturated carbocycles. The number of benzene rings is 2. The van der Waals surface area contributed by atoms with Crippen LogP contribution in [0.5, 0.6) is 5.75 Å². The number of thioether (sulfide) groups is 1. The van der Waals surface area contributed by atoms with E-state index in [1.54, 1.807) is 18.9 Å². The summed E-state index contributed by atoms with van der Waals surface area (Å²) in [6.45, 7) is 0. The first-order chi connectivity index (χ1) is 9.72. The zero-order chi connectivity index (χ0) is 14.4. The van der Waals surface area contributed by atoms with Crippen molar-refractivity contribution >= 4 is 29.1 Å². The molecule has 0 fully saturated rings. The summed E-state index contributed by atoms with van der Waals surface area (Å²) in [5, 5.41) is 0. The SMILES string of the molecule is COc1cccc(CSc2ccc(C(=O)CCl)cc2)c1. The number of Topliss-reactive ketones (excluding diaryl/α,β-unsaturated/α-hetero) is 1. The first-order valence-electron chi connectivity index (χ1n) is 6.18. The molecule has 0 bridgehead atoms. The lowest BCUT2D eigenvalue weighted by atomic mass is 10.1. The first kappa shape index (κ1) is 14.9. The highest BCUT2D eigenvalue weighted by atomic mass is 35.5. The van der Waals surface area contributed by atoms with Crippen molar-refractivity contribution in [3.05, 3.63) is 59.7 Å². The first-order valence-corrected chi connectivity index (χ1v) is 7.70. The predicted molar refractivity (Wildman–Crippen MR) is 84.0 cm³/mol. The molecule has 0 saturated heterocycles. The largest absolute Gasteiger partial charge is 0.497 e. The molecular formula is C16H15ClO2S. The molecule has 0 aliphatic rings. The van der Waals surface area contributed by atoms with E-state index in [-0.39, 0.29) is 11.7 Å². The summed E-state index contributed by atoms with van der Waals surface area (Å²) in [6.07, 6.45) is 0. The Morgan fingerprint density at radius 3 is 2.60 bits per heavy atom. The third-order valence-corrected chi connectivity index (χ3v) is 4.16. The monoisotopic (exact) mass is 306 g/mol. The highest BCUT2D eigenvalue weighted by Gasteiger charge is 2.04. The molecule has 0 unspecified atom stereocenters. The number of ether oxygens (including phenoxy) is 1. The maximum atomic E-state index is 11.4. The maximum Gasteiger partial charge on any atom is 0.177 e. The van der Waals surface area contributed by atoms with Gasteiger partial charge < -0.3 is 4.74 Å². The van der Waals surface area contributed by atoms with Crippen molar-refractivity contribution in [2.75, 3.05) is 13.0 Å². The summed E-state index contributed by atoms with van der Waals surface area (Å²) in [4.78, 5) is 12.5. The lowest BCUT2D eigenvalue weighted by Gasteiger charge is -2.05. The molecule has 0 heterocycles. The van der Waals surface area contributed by atoms with Gasteiger partial charge in [-0.05, 0) is 29.8 Å². The van der Waals surface area contributed by atoms with Gasteiger partial charge in [0.25, 0.3) is 0 Å². The predicted octanol–water partition coefficient (Wildman–Crippen LogP) is 4.41. The Morgan fingerprint density at radius 1 is 1.20 bits per heavy atom. The van der Waals surface area contributed by atoms with Gasteiger partial charge in [0, 0.05) is 16.2 Å². The molecule has 2 aromatic carbocycles. The van der Waals surface area contributed by atoms with Crippen LogP contribution in [0.1, 0.15) is 15.9 Å². The zero-order valence-corrected chi connectivity index (χ0v) is 12.7. The van der Waals surface area contributed by atoms with Gasteiger partial charge in [0.1, 0.15) is 5.75 Å². The van der Waals surface area contributed by atoms with E-state index < -0.39 is 0 Å². The third-order valence-electron chi connectivity index (χ3n) is 2.84. The van der Waals surface area contributed by atoms with Crippen LogP contribution in [0.2, 0.25) is 0 Å². The van der Waals surface area contributed by atoms with Gasteiger partial charge in [-0.15, -0.1) is 23.4 Å². The van der Waals surface area contributed by atoms with Crippen LogP contribution in [-0.2, 0) is 5.75 Å². The van der Waals surface area contributed by atoms with Crippen LogP contribution >= 0.6 is 23.4 Å². The Bertz CT molecular complexity index is 581. The number of hydrogen-bond acceptors (Lipinski definition) is 3. The fourth-order valence-electron chi connectivity index (χ4n) is 1.74. The van der Waals surface area contributed by atoms with Crippen LogP contribution in [0.25, 0.3) is 0 Å². The van der Waals surface area contributed by atoms with E-state index in [0.29, 0.717) is 5.56 Å². The summed E-state index contributed by atoms with van der Waals surface area (Å²) in [5.41, 5.74) is 1.86. The highest BCUT2D eigenvalue weighted by Crippen LogP contribution is 2.25. The van der Waals surface area contributed by atoms with Crippen molar-refractivity contribution in [2.45, 2.75) is 10.6 Å². The Morgan fingerprint density at radius 2 is 1.95 bits per heavy atom. The number of carbonyl (C=O) groups excluding carboxylic acids is 1. The van der Waals surface area contributed by atoms with Crippen molar-refractivity contribution in [3.8, 4) is 5.75 Å². The van der Waals surface area contributed by atoms with Gasteiger partial charge in [-0.1, -0.05) is 24.3 Å². The maximum absolute atomic E-state index is 11.4. The second-order valence-electron chi connectivity index (χ2n) is 4.22. The van der Waals surface area contributed by atoms with Gasteiger partial charge in [0.2, 0.25) is 0 Å². The minimum Gasteiger partial charge on any atom is -0.497 e. The molecule has 2 rings (SSSR count). The number of methoxy groups -OCH3 is 1. The molecule has 0 spiro atoms. The highest BCUT2D eigenvalue weighted by molar-refractivity contribution is 7.98. The number of halogens is 1. The van der Waals surface area contributed by atoms with Crippen LogP contribution in [-0.4, -0.2) is 18.8 Å². The Labute approximate surface area is 128 Å². The van der Waals surface area contributed by atoms with Crippen LogP contribution in [0.15, 0.2) is 53.4 Å². The molecule has 0 aromatic heterocycles. The van der Waals surface area contributed by atoms with Crippen molar-refractivity contribution in [1.82, 2.24) is 0 Å². The average molecular weight is 307 g/mol. The van der Waals surface area contributed by atoms with Gasteiger partial charge >= 0.3 is 0 Å². The Kier molecular flexibility index (Phi) is 5.50. The molecule has 0 aliphatic heterocycles. The summed E-state index contributed by atoms with van der Waals surface area (Å²) >= 11 is 7.25. The zero-order valence-electron chi connectivity index (χ0n) is 11.1. The van der Waals surface area contributed by atoms with Crippen molar-refractivity contribution in [3.63, 3.8) is 0 Å². The van der Waals surface area contributed by atoms with Crippen molar-refractivity contribution < 1.29 is 9.53 Å². The number of ketones is 1. The lowest BCUT2D eigenvalue weighted by molar-refractivity contribution is 0.102. The number of hydrogen-bond donors (Lipinski definition) is 0. The van der Waals surface area contributed by atoms with E-state index in [2.05, 4.69) is 6.07 Å². The Balaban J connectivity index is 1.98. The summed E-state index contributed by atoms with van der Waals surface area (Å²) in [7, 11) is 1.67. The van der Waals surface area contributed by atoms with E-state index in [9.17, 15) is 4.79 Å². The molecule has 20 heavy (non-hydrogen) atoms. The van der Waals surface area contributed by atoms with E-state index in [0.717, 1.165) is 16.4 Å². The quantitative estimate of drug-likeness (QED) is 0.449. The van der Waals surface area contributed by atoms with Crippen molar-refractivity contribution in [2.24, 2.45) is 0 Å². The fourth-order valence-corrected chi connectivity index (χ4v) is 2.74. The topological polar surface area (TPSA) is 26.3 Å². The molecule has 4 heteroatoms. The fraction of sp³-hybridized carbons (Fsp3) is 0.188. The number of rotatable bonds is 6. The second-order valence-corrected chi connectivity index (χ2v) is 5.54. The smallest absolute Gasteiger partial charge is 0.177 e. The lowest BCUT2D eigenvalue weighted by Crippen LogP contribution is -1.99. The average Bonchev–Trinajstić information content (AvgIpc) is 2.53. The molecule has 0 radical (unpaired) electrons. The molecule has 104 valence electrons. The second kappa shape index (κ2) is 7.36. The normalized spacial score (nSPS) is 10.3. The standard InChI is InChI=1S/C16H15ClO2S/c1-19-14-4-2-3-12(9-14)11-20-15-7-5-13(6-8-15)16(18)10-17/h2-9H,10-11H2,1H3. The van der Waals surface area contributed by atoms with Gasteiger partial charge in [-0.25, -0.2) is 0 Å². The van der Waals surface area contributed by atoms with E-state index in [4.69, 9.17) is 16.3 Å². The van der Waals surface area contributed by atoms with Crippen LogP contribution < -0.4 is 4.74 Å². The summed E-state index contributed by atoms with van der Waals surface area (Å²) in [6, 6.07) is 15.5. The summed E-state index contributed by atoms with van der Waals surface area (Å²) in [5.74, 6) is 1.71. The molecular weight excluding hydrogens is 292 g/mol. The minimum atomic E-state index is -0.0454. The van der Waals surface area contributed by atoms with E-state index in [1.165, 1.54) is 5.56 Å². The van der Waals surface area contributed by atoms with Gasteiger partial charge in [-0.3, -0.25) is 4.79 Å². The van der Waals surface area contributed by atoms with Crippen LogP contribution in [0.4, 0.5) is 0 Å². The summed E-state index contributed by atoms with van der Waals surface area (Å²) < 4.78 is 5.20. The number of carbonyl (C=O) groups is 1. The molecule has 0 amide bonds. The Hall–Kier alpha value is -1.45. The molecule has 0 N–H and O–H groups in total. The molecule has 2 nitrogen and oxygen atoms in total. The molecule has 2 aromatic rings. The van der Waals surface area contributed by atoms with Crippen molar-refractivity contribution in [1.29, 1.82) is 0 Å². The van der Waals surface area contributed by atoms with Gasteiger partial charge in [0.15, 0.2) is 5.78 Å². The molecule has 0 atom stereocenters. The van der Waals surface area contributed by atoms with Gasteiger partial charge in [0.05, 0.1) is 13.0 Å². The van der Waals surface area contributed by atoms with E-state index in [1.807, 2.05) is 42.5 Å².